The van der Waals surface area contributed by atoms with Crippen LogP contribution in [-0.4, -0.2) is 14.1 Å². The van der Waals surface area contributed by atoms with Crippen LogP contribution in [0.1, 0.15) is 25.0 Å². The van der Waals surface area contributed by atoms with E-state index < -0.39 is 0 Å². The molecule has 0 amide bonds. The highest BCUT2D eigenvalue weighted by Crippen LogP contribution is 2.53. The van der Waals surface area contributed by atoms with Gasteiger partial charge in [0.05, 0.1) is 22.1 Å². The highest BCUT2D eigenvalue weighted by molar-refractivity contribution is 6.23. The number of aromatic nitrogens is 3. The Hall–Kier alpha value is -6.97. The minimum Gasteiger partial charge on any atom is -0.309 e. The summed E-state index contributed by atoms with van der Waals surface area (Å²) in [7, 11) is 0. The zero-order valence-electron chi connectivity index (χ0n) is 30.6. The summed E-state index contributed by atoms with van der Waals surface area (Å²) >= 11 is 0. The third kappa shape index (κ3) is 4.13. The van der Waals surface area contributed by atoms with Crippen molar-refractivity contribution < 1.29 is 0 Å². The van der Waals surface area contributed by atoms with E-state index in [9.17, 15) is 0 Å². The van der Waals surface area contributed by atoms with Gasteiger partial charge in [0.25, 0.3) is 0 Å². The molecular formula is C52H35N3. The summed E-state index contributed by atoms with van der Waals surface area (Å²) in [6, 6.07) is 62.6. The van der Waals surface area contributed by atoms with E-state index in [1.807, 2.05) is 12.3 Å². The van der Waals surface area contributed by atoms with Crippen LogP contribution >= 0.6 is 0 Å². The number of rotatable bonds is 3. The maximum atomic E-state index is 4.90. The van der Waals surface area contributed by atoms with Crippen LogP contribution in [0.15, 0.2) is 176 Å². The molecule has 3 heterocycles. The molecule has 1 aliphatic carbocycles. The Labute approximate surface area is 318 Å². The SMILES string of the molecule is CC1(C)c2cc3c(cc2-c2c1ccc1ccccc21)c1cc(-c2cc4c5ccccc5n(-c5ccccc5)c4c4ccccc24)ccc1n3-c1ccccn1. The van der Waals surface area contributed by atoms with Crippen molar-refractivity contribution >= 4 is 65.2 Å². The molecule has 3 nitrogen and oxygen atoms in total. The Morgan fingerprint density at radius 3 is 1.96 bits per heavy atom. The number of para-hydroxylation sites is 2. The molecule has 0 saturated heterocycles. The Bertz CT molecular complexity index is 3380. The van der Waals surface area contributed by atoms with E-state index in [0.29, 0.717) is 0 Å². The molecule has 258 valence electrons. The van der Waals surface area contributed by atoms with Gasteiger partial charge in [0.1, 0.15) is 5.82 Å². The molecule has 0 bridgehead atoms. The maximum absolute atomic E-state index is 4.90. The van der Waals surface area contributed by atoms with Crippen molar-refractivity contribution in [3.05, 3.63) is 187 Å². The summed E-state index contributed by atoms with van der Waals surface area (Å²) in [6.45, 7) is 4.75. The first kappa shape index (κ1) is 30.5. The van der Waals surface area contributed by atoms with Gasteiger partial charge in [-0.05, 0) is 110 Å². The first-order valence-electron chi connectivity index (χ1n) is 19.1. The zero-order valence-corrected chi connectivity index (χ0v) is 30.6. The van der Waals surface area contributed by atoms with Crippen LogP contribution in [0.5, 0.6) is 0 Å². The van der Waals surface area contributed by atoms with Crippen molar-refractivity contribution in [3.63, 3.8) is 0 Å². The van der Waals surface area contributed by atoms with Crippen LogP contribution in [0.4, 0.5) is 0 Å². The summed E-state index contributed by atoms with van der Waals surface area (Å²) in [5.41, 5.74) is 13.7. The molecule has 1 aliphatic rings. The molecule has 11 aromatic rings. The largest absolute Gasteiger partial charge is 0.309 e. The molecule has 3 heteroatoms. The van der Waals surface area contributed by atoms with Crippen LogP contribution < -0.4 is 0 Å². The summed E-state index contributed by atoms with van der Waals surface area (Å²) in [4.78, 5) is 4.90. The monoisotopic (exact) mass is 701 g/mol. The van der Waals surface area contributed by atoms with Gasteiger partial charge >= 0.3 is 0 Å². The minimum atomic E-state index is -0.146. The number of pyridine rings is 1. The van der Waals surface area contributed by atoms with Crippen LogP contribution in [0.25, 0.3) is 98.9 Å². The third-order valence-corrected chi connectivity index (χ3v) is 12.3. The van der Waals surface area contributed by atoms with Gasteiger partial charge in [0.15, 0.2) is 0 Å². The lowest BCUT2D eigenvalue weighted by Gasteiger charge is -2.22. The van der Waals surface area contributed by atoms with E-state index >= 15 is 0 Å². The van der Waals surface area contributed by atoms with Gasteiger partial charge in [-0.2, -0.15) is 0 Å². The van der Waals surface area contributed by atoms with Crippen molar-refractivity contribution in [3.8, 4) is 33.8 Å². The standard InChI is InChI=1S/C52H35N3/c1-52(2)44-25-23-32-14-6-7-17-35(32)50(44)43-30-41-40-28-33(24-26-47(40)55(48(41)31-45(43)52)49-22-12-13-27-53-49)39-29-42-37-19-10-11-21-46(37)54(34-15-4-3-5-16-34)51(42)38-20-9-8-18-36(38)39/h3-31H,1-2H3. The minimum absolute atomic E-state index is 0.146. The highest BCUT2D eigenvalue weighted by atomic mass is 15.1. The number of hydrogen-bond donors (Lipinski definition) is 0. The van der Waals surface area contributed by atoms with E-state index in [1.54, 1.807) is 0 Å². The van der Waals surface area contributed by atoms with Crippen LogP contribution in [0.3, 0.4) is 0 Å². The van der Waals surface area contributed by atoms with Crippen molar-refractivity contribution in [1.82, 2.24) is 14.1 Å². The topological polar surface area (TPSA) is 22.8 Å². The molecule has 0 aliphatic heterocycles. The molecule has 0 unspecified atom stereocenters. The van der Waals surface area contributed by atoms with Gasteiger partial charge in [-0.3, -0.25) is 4.57 Å². The lowest BCUT2D eigenvalue weighted by Crippen LogP contribution is -2.15. The van der Waals surface area contributed by atoms with E-state index in [-0.39, 0.29) is 5.41 Å². The second-order valence-corrected chi connectivity index (χ2v) is 15.6. The molecule has 0 fully saturated rings. The van der Waals surface area contributed by atoms with Gasteiger partial charge in [-0.25, -0.2) is 4.98 Å². The van der Waals surface area contributed by atoms with E-state index in [0.717, 1.165) is 11.3 Å². The van der Waals surface area contributed by atoms with Gasteiger partial charge < -0.3 is 4.57 Å². The zero-order chi connectivity index (χ0) is 36.4. The first-order valence-corrected chi connectivity index (χ1v) is 19.1. The van der Waals surface area contributed by atoms with Crippen molar-refractivity contribution in [2.75, 3.05) is 0 Å². The Kier molecular flexibility index (Phi) is 6.12. The van der Waals surface area contributed by atoms with Crippen LogP contribution in [0, 0.1) is 0 Å². The Morgan fingerprint density at radius 2 is 1.13 bits per heavy atom. The third-order valence-electron chi connectivity index (χ3n) is 12.3. The predicted molar refractivity (Wildman–Crippen MR) is 231 cm³/mol. The van der Waals surface area contributed by atoms with Gasteiger partial charge in [-0.15, -0.1) is 0 Å². The maximum Gasteiger partial charge on any atom is 0.137 e. The molecular weight excluding hydrogens is 667 g/mol. The fourth-order valence-corrected chi connectivity index (χ4v) is 9.82. The quantitative estimate of drug-likeness (QED) is 0.180. The fraction of sp³-hybridized carbons (Fsp3) is 0.0577. The smallest absolute Gasteiger partial charge is 0.137 e. The van der Waals surface area contributed by atoms with E-state index in [4.69, 9.17) is 4.98 Å². The fourth-order valence-electron chi connectivity index (χ4n) is 9.82. The number of fused-ring (bicyclic) bond motifs is 13. The normalized spacial score (nSPS) is 13.4. The first-order chi connectivity index (χ1) is 27.1. The second-order valence-electron chi connectivity index (χ2n) is 15.6. The van der Waals surface area contributed by atoms with Gasteiger partial charge in [-0.1, -0.05) is 123 Å². The Morgan fingerprint density at radius 1 is 0.436 bits per heavy atom. The van der Waals surface area contributed by atoms with Gasteiger partial charge in [0, 0.05) is 44.2 Å². The molecule has 0 atom stereocenters. The summed E-state index contributed by atoms with van der Waals surface area (Å²) in [5, 5.41) is 10.1. The second kappa shape index (κ2) is 11.0. The molecule has 12 rings (SSSR count). The molecule has 0 saturated carbocycles. The highest BCUT2D eigenvalue weighted by Gasteiger charge is 2.37. The molecule has 0 N–H and O–H groups in total. The average molecular weight is 702 g/mol. The summed E-state index contributed by atoms with van der Waals surface area (Å²) in [6.07, 6.45) is 1.90. The van der Waals surface area contributed by atoms with Crippen molar-refractivity contribution in [2.45, 2.75) is 19.3 Å². The lowest BCUT2D eigenvalue weighted by atomic mass is 9.82. The molecule has 0 radical (unpaired) electrons. The number of benzene rings is 8. The van der Waals surface area contributed by atoms with Crippen molar-refractivity contribution in [1.29, 1.82) is 0 Å². The van der Waals surface area contributed by atoms with Gasteiger partial charge in [0.2, 0.25) is 0 Å². The van der Waals surface area contributed by atoms with Crippen LogP contribution in [0.2, 0.25) is 0 Å². The molecule has 55 heavy (non-hydrogen) atoms. The molecule has 8 aromatic carbocycles. The van der Waals surface area contributed by atoms with E-state index in [1.165, 1.54) is 98.7 Å². The predicted octanol–water partition coefficient (Wildman–Crippen LogP) is 13.6. The number of nitrogens with zero attached hydrogens (tertiary/aromatic N) is 3. The molecule has 0 spiro atoms. The van der Waals surface area contributed by atoms with Crippen molar-refractivity contribution in [2.24, 2.45) is 0 Å². The molecule has 3 aromatic heterocycles. The average Bonchev–Trinajstić information content (AvgIpc) is 3.83. The Balaban J connectivity index is 1.18. The summed E-state index contributed by atoms with van der Waals surface area (Å²) < 4.78 is 4.80. The summed E-state index contributed by atoms with van der Waals surface area (Å²) in [5.74, 6) is 0.926. The number of hydrogen-bond acceptors (Lipinski definition) is 1. The lowest BCUT2D eigenvalue weighted by molar-refractivity contribution is 0.661. The van der Waals surface area contributed by atoms with E-state index in [2.05, 4.69) is 187 Å². The van der Waals surface area contributed by atoms with Crippen LogP contribution in [-0.2, 0) is 5.41 Å².